The minimum Gasteiger partial charge on any atom is -0.398 e. The molecule has 0 unspecified atom stereocenters. The van der Waals surface area contributed by atoms with Crippen molar-refractivity contribution in [3.63, 3.8) is 0 Å². The Morgan fingerprint density at radius 1 is 1.14 bits per heavy atom. The van der Waals surface area contributed by atoms with E-state index in [1.807, 2.05) is 30.0 Å². The summed E-state index contributed by atoms with van der Waals surface area (Å²) in [5.41, 5.74) is 6.71. The molecule has 0 aliphatic rings. The fourth-order valence-corrected chi connectivity index (χ4v) is 1.98. The highest BCUT2D eigenvalue weighted by atomic mass is 19.4. The maximum Gasteiger partial charge on any atom is 0.417 e. The predicted octanol–water partition coefficient (Wildman–Crippen LogP) is 3.71. The molecule has 0 saturated carbocycles. The normalized spacial score (nSPS) is 11.4. The van der Waals surface area contributed by atoms with Crippen LogP contribution in [0.3, 0.4) is 0 Å². The molecule has 6 heteroatoms. The van der Waals surface area contributed by atoms with Crippen molar-refractivity contribution < 1.29 is 13.2 Å². The van der Waals surface area contributed by atoms with Crippen molar-refractivity contribution in [1.82, 2.24) is 4.98 Å². The van der Waals surface area contributed by atoms with Gasteiger partial charge in [0.05, 0.1) is 5.56 Å². The molecule has 112 valence electrons. The molecule has 1 aromatic carbocycles. The van der Waals surface area contributed by atoms with Gasteiger partial charge in [0.15, 0.2) is 0 Å². The second-order valence-corrected chi connectivity index (χ2v) is 4.62. The second-order valence-electron chi connectivity index (χ2n) is 4.62. The zero-order valence-electron chi connectivity index (χ0n) is 11.6. The summed E-state index contributed by atoms with van der Waals surface area (Å²) in [5, 5.41) is 0. The van der Waals surface area contributed by atoms with Gasteiger partial charge >= 0.3 is 6.18 Å². The summed E-state index contributed by atoms with van der Waals surface area (Å²) in [6.07, 6.45) is -3.52. The largest absolute Gasteiger partial charge is 0.417 e. The molecule has 0 fully saturated rings. The number of aromatic nitrogens is 1. The first kappa shape index (κ1) is 15.2. The van der Waals surface area contributed by atoms with Gasteiger partial charge in [-0.25, -0.2) is 4.98 Å². The Balaban J connectivity index is 2.20. The number of rotatable bonds is 4. The average molecular weight is 295 g/mol. The van der Waals surface area contributed by atoms with E-state index in [0.29, 0.717) is 24.6 Å². The minimum absolute atomic E-state index is 0.494. The monoisotopic (exact) mass is 295 g/mol. The third kappa shape index (κ3) is 3.65. The molecule has 2 N–H and O–H groups in total. The van der Waals surface area contributed by atoms with E-state index < -0.39 is 11.7 Å². The maximum atomic E-state index is 12.5. The molecule has 3 nitrogen and oxygen atoms in total. The molecule has 21 heavy (non-hydrogen) atoms. The van der Waals surface area contributed by atoms with E-state index in [-0.39, 0.29) is 0 Å². The lowest BCUT2D eigenvalue weighted by Crippen LogP contribution is -2.23. The number of nitrogens with two attached hydrogens (primary N) is 1. The summed E-state index contributed by atoms with van der Waals surface area (Å²) in [6, 6.07) is 9.82. The molecule has 1 aromatic heterocycles. The number of para-hydroxylation sites is 1. The summed E-state index contributed by atoms with van der Waals surface area (Å²) < 4.78 is 37.6. The van der Waals surface area contributed by atoms with Crippen LogP contribution in [-0.4, -0.2) is 11.5 Å². The van der Waals surface area contributed by atoms with Crippen LogP contribution in [0.15, 0.2) is 42.6 Å². The van der Waals surface area contributed by atoms with Gasteiger partial charge in [-0.15, -0.1) is 0 Å². The number of halogens is 3. The fraction of sp³-hybridized carbons (Fsp3) is 0.267. The Morgan fingerprint density at radius 2 is 1.86 bits per heavy atom. The third-order valence-electron chi connectivity index (χ3n) is 3.20. The number of anilines is 2. The van der Waals surface area contributed by atoms with Crippen LogP contribution in [0.4, 0.5) is 24.7 Å². The zero-order valence-corrected chi connectivity index (χ0v) is 11.6. The van der Waals surface area contributed by atoms with Crippen molar-refractivity contribution in [1.29, 1.82) is 0 Å². The van der Waals surface area contributed by atoms with Gasteiger partial charge in [-0.05, 0) is 30.7 Å². The first-order valence-electron chi connectivity index (χ1n) is 6.53. The van der Waals surface area contributed by atoms with Gasteiger partial charge in [0.25, 0.3) is 0 Å². The Morgan fingerprint density at radius 3 is 2.38 bits per heavy atom. The van der Waals surface area contributed by atoms with Crippen molar-refractivity contribution >= 4 is 11.5 Å². The molecule has 1 heterocycles. The molecule has 2 aromatic rings. The summed E-state index contributed by atoms with van der Waals surface area (Å²) in [7, 11) is 0. The zero-order chi connectivity index (χ0) is 15.5. The lowest BCUT2D eigenvalue weighted by atomic mass is 10.1. The summed E-state index contributed by atoms with van der Waals surface area (Å²) in [5.74, 6) is 0.494. The van der Waals surface area contributed by atoms with Gasteiger partial charge in [-0.3, -0.25) is 0 Å². The Kier molecular flexibility index (Phi) is 4.35. The van der Waals surface area contributed by atoms with Crippen LogP contribution in [0.1, 0.15) is 18.1 Å². The summed E-state index contributed by atoms with van der Waals surface area (Å²) >= 11 is 0. The highest BCUT2D eigenvalue weighted by molar-refractivity contribution is 5.49. The van der Waals surface area contributed by atoms with Crippen LogP contribution in [0.2, 0.25) is 0 Å². The average Bonchev–Trinajstić information content (AvgIpc) is 2.46. The SMILES string of the molecule is CCN(Cc1ccccc1N)c1ccc(C(F)(F)F)cn1. The summed E-state index contributed by atoms with van der Waals surface area (Å²) in [4.78, 5) is 5.77. The molecule has 0 amide bonds. The van der Waals surface area contributed by atoms with Gasteiger partial charge in [-0.1, -0.05) is 18.2 Å². The van der Waals surface area contributed by atoms with Crippen molar-refractivity contribution in [2.45, 2.75) is 19.6 Å². The van der Waals surface area contributed by atoms with E-state index in [0.717, 1.165) is 17.8 Å². The van der Waals surface area contributed by atoms with Crippen LogP contribution >= 0.6 is 0 Å². The van der Waals surface area contributed by atoms with Crippen molar-refractivity contribution in [2.24, 2.45) is 0 Å². The Hall–Kier alpha value is -2.24. The van der Waals surface area contributed by atoms with Crippen LogP contribution in [0.25, 0.3) is 0 Å². The Labute approximate surface area is 121 Å². The van der Waals surface area contributed by atoms with E-state index in [1.54, 1.807) is 6.07 Å². The van der Waals surface area contributed by atoms with Gasteiger partial charge in [0, 0.05) is 25.0 Å². The van der Waals surface area contributed by atoms with Crippen LogP contribution in [0.5, 0.6) is 0 Å². The van der Waals surface area contributed by atoms with Crippen molar-refractivity contribution in [2.75, 3.05) is 17.2 Å². The van der Waals surface area contributed by atoms with Crippen LogP contribution < -0.4 is 10.6 Å². The molecule has 0 saturated heterocycles. The van der Waals surface area contributed by atoms with Crippen molar-refractivity contribution in [3.05, 3.63) is 53.7 Å². The lowest BCUT2D eigenvalue weighted by Gasteiger charge is -2.23. The van der Waals surface area contributed by atoms with E-state index in [9.17, 15) is 13.2 Å². The topological polar surface area (TPSA) is 42.1 Å². The fourth-order valence-electron chi connectivity index (χ4n) is 1.98. The number of benzene rings is 1. The number of hydrogen-bond acceptors (Lipinski definition) is 3. The van der Waals surface area contributed by atoms with Gasteiger partial charge in [0.2, 0.25) is 0 Å². The predicted molar refractivity (Wildman–Crippen MR) is 76.8 cm³/mol. The van der Waals surface area contributed by atoms with Crippen molar-refractivity contribution in [3.8, 4) is 0 Å². The number of nitrogens with zero attached hydrogens (tertiary/aromatic N) is 2. The number of alkyl halides is 3. The number of hydrogen-bond donors (Lipinski definition) is 1. The maximum absolute atomic E-state index is 12.5. The van der Waals surface area contributed by atoms with Crippen LogP contribution in [0, 0.1) is 0 Å². The smallest absolute Gasteiger partial charge is 0.398 e. The quantitative estimate of drug-likeness (QED) is 0.874. The third-order valence-corrected chi connectivity index (χ3v) is 3.20. The van der Waals surface area contributed by atoms with E-state index in [4.69, 9.17) is 5.73 Å². The molecule has 0 spiro atoms. The molecule has 0 aliphatic heterocycles. The van der Waals surface area contributed by atoms with Gasteiger partial charge < -0.3 is 10.6 Å². The first-order chi connectivity index (χ1) is 9.91. The second kappa shape index (κ2) is 6.03. The number of pyridine rings is 1. The molecular weight excluding hydrogens is 279 g/mol. The highest BCUT2D eigenvalue weighted by Crippen LogP contribution is 2.29. The lowest BCUT2D eigenvalue weighted by molar-refractivity contribution is -0.137. The molecule has 0 bridgehead atoms. The van der Waals surface area contributed by atoms with E-state index in [2.05, 4.69) is 4.98 Å². The molecular formula is C15H16F3N3. The van der Waals surface area contributed by atoms with E-state index >= 15 is 0 Å². The Bertz CT molecular complexity index is 594. The minimum atomic E-state index is -4.37. The standard InChI is InChI=1S/C15H16F3N3/c1-2-21(10-11-5-3-4-6-13(11)19)14-8-7-12(9-20-14)15(16,17)18/h3-9H,2,10,19H2,1H3. The van der Waals surface area contributed by atoms with Gasteiger partial charge in [0.1, 0.15) is 5.82 Å². The van der Waals surface area contributed by atoms with Crippen LogP contribution in [-0.2, 0) is 12.7 Å². The molecule has 0 radical (unpaired) electrons. The molecule has 2 rings (SSSR count). The highest BCUT2D eigenvalue weighted by Gasteiger charge is 2.30. The van der Waals surface area contributed by atoms with Gasteiger partial charge in [-0.2, -0.15) is 13.2 Å². The van der Waals surface area contributed by atoms with E-state index in [1.165, 1.54) is 6.07 Å². The molecule has 0 aliphatic carbocycles. The number of nitrogen functional groups attached to an aromatic ring is 1. The molecule has 0 atom stereocenters. The first-order valence-corrected chi connectivity index (χ1v) is 6.53. The summed E-state index contributed by atoms with van der Waals surface area (Å²) in [6.45, 7) is 3.03.